The molecule has 0 aliphatic heterocycles. The Morgan fingerprint density at radius 1 is 0.625 bits per heavy atom. The van der Waals surface area contributed by atoms with Gasteiger partial charge < -0.3 is 21.9 Å². The standard InChI is InChI=1S/3ClH.Ga.4H2O/h3*1H;;4*1H2/q;;;+3;;;;/p-3. The van der Waals surface area contributed by atoms with Crippen molar-refractivity contribution in [3.8, 4) is 0 Å². The second-order valence-electron chi connectivity index (χ2n) is 0.247. The fraction of sp³-hybridized carbons (Fsp3) is 0. The third kappa shape index (κ3) is 163. The summed E-state index contributed by atoms with van der Waals surface area (Å²) in [5.41, 5.74) is 0. The molecule has 0 aliphatic rings. The minimum absolute atomic E-state index is 0. The summed E-state index contributed by atoms with van der Waals surface area (Å²) in [6.07, 6.45) is 0. The molecule has 0 aromatic carbocycles. The fourth-order valence-corrected chi connectivity index (χ4v) is 0. The zero-order valence-electron chi connectivity index (χ0n) is 3.71. The zero-order chi connectivity index (χ0) is 3.58. The fourth-order valence-electron chi connectivity index (χ4n) is 0. The molecule has 4 nitrogen and oxygen atoms in total. The van der Waals surface area contributed by atoms with Gasteiger partial charge in [-0.15, -0.1) is 0 Å². The molecule has 8 heteroatoms. The van der Waals surface area contributed by atoms with Crippen LogP contribution in [0.5, 0.6) is 0 Å². The molecule has 8 heavy (non-hydrogen) atoms. The summed E-state index contributed by atoms with van der Waals surface area (Å²) in [6, 6.07) is 0. The summed E-state index contributed by atoms with van der Waals surface area (Å²) in [6.45, 7) is 0. The van der Waals surface area contributed by atoms with Crippen LogP contribution in [0.25, 0.3) is 0 Å². The monoisotopic (exact) mass is 246 g/mol. The normalized spacial score (nSPS) is 3.38. The summed E-state index contributed by atoms with van der Waals surface area (Å²) in [5, 5.41) is 0. The molecule has 0 saturated carbocycles. The van der Waals surface area contributed by atoms with Crippen molar-refractivity contribution in [2.45, 2.75) is 0 Å². The molecule has 0 radical (unpaired) electrons. The van der Waals surface area contributed by atoms with Crippen LogP contribution in [0.3, 0.4) is 0 Å². The van der Waals surface area contributed by atoms with Crippen molar-refractivity contribution in [3.05, 3.63) is 0 Å². The SMILES string of the molecule is O.O.O.O.[Cl][Ga]([Cl])[Cl]. The van der Waals surface area contributed by atoms with Crippen molar-refractivity contribution in [1.82, 2.24) is 0 Å². The first-order valence-corrected chi connectivity index (χ1v) is 10.2. The van der Waals surface area contributed by atoms with Crippen LogP contribution >= 0.6 is 28.9 Å². The van der Waals surface area contributed by atoms with Crippen LogP contribution in [-0.4, -0.2) is 35.1 Å². The molecule has 0 fully saturated rings. The van der Waals surface area contributed by atoms with Gasteiger partial charge in [-0.1, -0.05) is 0 Å². The van der Waals surface area contributed by atoms with E-state index in [0.717, 1.165) is 0 Å². The first-order chi connectivity index (χ1) is 1.73. The molecule has 56 valence electrons. The molecule has 0 aromatic rings. The molecule has 0 aliphatic carbocycles. The van der Waals surface area contributed by atoms with Gasteiger partial charge in [-0.3, -0.25) is 0 Å². The van der Waals surface area contributed by atoms with Gasteiger partial charge in [0.25, 0.3) is 0 Å². The van der Waals surface area contributed by atoms with Crippen LogP contribution in [0.4, 0.5) is 0 Å². The summed E-state index contributed by atoms with van der Waals surface area (Å²) in [5.74, 6) is 0. The van der Waals surface area contributed by atoms with E-state index in [1.165, 1.54) is 0 Å². The maximum atomic E-state index is 4.99. The van der Waals surface area contributed by atoms with E-state index in [2.05, 4.69) is 0 Å². The Balaban J connectivity index is -0.00000000750. The Morgan fingerprint density at radius 3 is 0.625 bits per heavy atom. The van der Waals surface area contributed by atoms with Gasteiger partial charge in [0.05, 0.1) is 0 Å². The van der Waals surface area contributed by atoms with Gasteiger partial charge in [0, 0.05) is 0 Å². The number of hydrogen-bond donors (Lipinski definition) is 0. The topological polar surface area (TPSA) is 126 Å². The third-order valence-corrected chi connectivity index (χ3v) is 0. The molecule has 0 aromatic heterocycles. The molecule has 0 spiro atoms. The van der Waals surface area contributed by atoms with Gasteiger partial charge in [0.15, 0.2) is 0 Å². The van der Waals surface area contributed by atoms with Crippen molar-refractivity contribution in [1.29, 1.82) is 0 Å². The molecule has 0 heterocycles. The number of rotatable bonds is 0. The quantitative estimate of drug-likeness (QED) is 0.457. The maximum absolute atomic E-state index is 4.99. The predicted molar refractivity (Wildman–Crippen MR) is 37.8 cm³/mol. The van der Waals surface area contributed by atoms with E-state index in [0.29, 0.717) is 0 Å². The second kappa shape index (κ2) is 23.8. The van der Waals surface area contributed by atoms with Crippen LogP contribution in [0.2, 0.25) is 0 Å². The number of hydrogen-bond acceptors (Lipinski definition) is 0. The van der Waals surface area contributed by atoms with E-state index in [4.69, 9.17) is 28.9 Å². The molecule has 0 saturated heterocycles. The Morgan fingerprint density at radius 2 is 0.625 bits per heavy atom. The third-order valence-electron chi connectivity index (χ3n) is 0. The van der Waals surface area contributed by atoms with Crippen LogP contribution in [0.1, 0.15) is 0 Å². The van der Waals surface area contributed by atoms with E-state index in [1.54, 1.807) is 0 Å². The van der Waals surface area contributed by atoms with Gasteiger partial charge in [0.2, 0.25) is 0 Å². The van der Waals surface area contributed by atoms with E-state index in [-0.39, 0.29) is 21.9 Å². The van der Waals surface area contributed by atoms with Crippen molar-refractivity contribution in [3.63, 3.8) is 0 Å². The van der Waals surface area contributed by atoms with E-state index in [1.807, 2.05) is 0 Å². The minimum atomic E-state index is -2.06. The molecule has 8 N–H and O–H groups in total. The summed E-state index contributed by atoms with van der Waals surface area (Å²) in [4.78, 5) is 0. The van der Waals surface area contributed by atoms with Crippen LogP contribution in [0.15, 0.2) is 0 Å². The summed E-state index contributed by atoms with van der Waals surface area (Å²) >= 11 is -2.06. The zero-order valence-corrected chi connectivity index (χ0v) is 8.40. The van der Waals surface area contributed by atoms with Gasteiger partial charge in [-0.2, -0.15) is 0 Å². The molecular formula is H8Cl3GaO4. The van der Waals surface area contributed by atoms with Crippen LogP contribution in [-0.2, 0) is 0 Å². The van der Waals surface area contributed by atoms with Crippen molar-refractivity contribution in [2.24, 2.45) is 0 Å². The molecule has 0 rings (SSSR count). The van der Waals surface area contributed by atoms with E-state index < -0.39 is 13.2 Å². The molecule has 0 bridgehead atoms. The first kappa shape index (κ1) is 34.5. The van der Waals surface area contributed by atoms with Gasteiger partial charge in [-0.05, 0) is 0 Å². The first-order valence-electron chi connectivity index (χ1n) is 0.655. The van der Waals surface area contributed by atoms with Gasteiger partial charge in [-0.25, -0.2) is 0 Å². The van der Waals surface area contributed by atoms with Crippen molar-refractivity contribution >= 4 is 42.1 Å². The summed E-state index contributed by atoms with van der Waals surface area (Å²) in [7, 11) is 15.0. The molecular weight excluding hydrogens is 240 g/mol. The second-order valence-corrected chi connectivity index (χ2v) is 11.6. The Bertz CT molecular complexity index is 16.0. The Hall–Kier alpha value is 1.35. The number of halogens is 3. The van der Waals surface area contributed by atoms with Gasteiger partial charge >= 0.3 is 42.1 Å². The van der Waals surface area contributed by atoms with E-state index >= 15 is 0 Å². The Kier molecular flexibility index (Phi) is 103. The van der Waals surface area contributed by atoms with Crippen LogP contribution in [0, 0.1) is 0 Å². The molecule has 0 atom stereocenters. The van der Waals surface area contributed by atoms with Crippen LogP contribution < -0.4 is 0 Å². The average molecular weight is 248 g/mol. The van der Waals surface area contributed by atoms with Crippen molar-refractivity contribution in [2.75, 3.05) is 0 Å². The molecule has 0 amide bonds. The van der Waals surface area contributed by atoms with E-state index in [9.17, 15) is 0 Å². The van der Waals surface area contributed by atoms with Gasteiger partial charge in [0.1, 0.15) is 0 Å². The predicted octanol–water partition coefficient (Wildman–Crippen LogP) is -1.61. The molecule has 0 unspecified atom stereocenters. The Labute approximate surface area is 64.0 Å². The summed E-state index contributed by atoms with van der Waals surface area (Å²) < 4.78 is 0. The van der Waals surface area contributed by atoms with Crippen molar-refractivity contribution < 1.29 is 21.9 Å². The average Bonchev–Trinajstić information content (AvgIpc) is 0.811.